The first kappa shape index (κ1) is 18.1. The summed E-state index contributed by atoms with van der Waals surface area (Å²) in [6.45, 7) is 5.42. The topological polar surface area (TPSA) is 32.7 Å². The first-order chi connectivity index (χ1) is 12.0. The summed E-state index contributed by atoms with van der Waals surface area (Å²) in [7, 11) is 0. The molecule has 2 aromatic carbocycles. The molecule has 1 fully saturated rings. The van der Waals surface area contributed by atoms with Crippen molar-refractivity contribution in [2.45, 2.75) is 45.2 Å². The molecule has 4 heteroatoms. The molecule has 0 aliphatic carbocycles. The molecule has 1 saturated heterocycles. The van der Waals surface area contributed by atoms with Crippen molar-refractivity contribution in [2.24, 2.45) is 5.92 Å². The average Bonchev–Trinajstić information content (AvgIpc) is 2.56. The van der Waals surface area contributed by atoms with Crippen LogP contribution in [0.4, 0.5) is 4.39 Å². The highest BCUT2D eigenvalue weighted by Crippen LogP contribution is 2.38. The van der Waals surface area contributed by atoms with Gasteiger partial charge >= 0.3 is 0 Å². The number of benzene rings is 2. The summed E-state index contributed by atoms with van der Waals surface area (Å²) in [5, 5.41) is 10.5. The molecule has 3 atom stereocenters. The molecule has 1 aliphatic rings. The predicted octanol–water partition coefficient (Wildman–Crippen LogP) is 4.13. The Hall–Kier alpha value is -1.75. The fourth-order valence-electron chi connectivity index (χ4n) is 3.35. The Kier molecular flexibility index (Phi) is 5.84. The first-order valence-corrected chi connectivity index (χ1v) is 8.89. The van der Waals surface area contributed by atoms with Gasteiger partial charge in [0.25, 0.3) is 0 Å². The molecule has 0 radical (unpaired) electrons. The maximum atomic E-state index is 13.3. The Labute approximate surface area is 149 Å². The maximum absolute atomic E-state index is 13.3. The van der Waals surface area contributed by atoms with Gasteiger partial charge in [-0.15, -0.1) is 0 Å². The monoisotopic (exact) mass is 343 g/mol. The molecule has 0 aromatic heterocycles. The van der Waals surface area contributed by atoms with Gasteiger partial charge in [-0.3, -0.25) is 4.90 Å². The molecule has 0 spiro atoms. The van der Waals surface area contributed by atoms with Crippen LogP contribution in [0.1, 0.15) is 37.4 Å². The van der Waals surface area contributed by atoms with E-state index >= 15 is 0 Å². The zero-order chi connectivity index (χ0) is 17.8. The van der Waals surface area contributed by atoms with E-state index in [0.29, 0.717) is 25.5 Å². The van der Waals surface area contributed by atoms with Crippen LogP contribution in [-0.4, -0.2) is 28.9 Å². The summed E-state index contributed by atoms with van der Waals surface area (Å²) in [5.74, 6) is 0.160. The standard InChI is InChI=1S/C21H26FNO2/c1-15(2)12-20(24)23-13-19(25-14-16-6-4-3-5-7-16)21(23)17-8-10-18(22)11-9-17/h3-11,15,19-21,24H,12-14H2,1-2H3/t19-,20-,21-/m0/s1. The van der Waals surface area contributed by atoms with Crippen molar-refractivity contribution >= 4 is 0 Å². The maximum Gasteiger partial charge on any atom is 0.123 e. The summed E-state index contributed by atoms with van der Waals surface area (Å²) in [4.78, 5) is 2.04. The quantitative estimate of drug-likeness (QED) is 0.820. The average molecular weight is 343 g/mol. The molecule has 2 aromatic rings. The molecule has 1 heterocycles. The summed E-state index contributed by atoms with van der Waals surface area (Å²) in [6.07, 6.45) is 0.197. The van der Waals surface area contributed by atoms with Crippen LogP contribution in [0.15, 0.2) is 54.6 Å². The highest BCUT2D eigenvalue weighted by molar-refractivity contribution is 5.24. The van der Waals surface area contributed by atoms with Crippen LogP contribution < -0.4 is 0 Å². The second-order valence-electron chi connectivity index (χ2n) is 7.14. The lowest BCUT2D eigenvalue weighted by molar-refractivity contribution is -0.177. The van der Waals surface area contributed by atoms with Gasteiger partial charge in [-0.1, -0.05) is 56.3 Å². The number of aliphatic hydroxyl groups is 1. The molecule has 0 bridgehead atoms. The molecule has 1 aliphatic heterocycles. The molecular weight excluding hydrogens is 317 g/mol. The highest BCUT2D eigenvalue weighted by Gasteiger charge is 2.44. The summed E-state index contributed by atoms with van der Waals surface area (Å²) < 4.78 is 19.4. The van der Waals surface area contributed by atoms with Crippen LogP contribution in [-0.2, 0) is 11.3 Å². The van der Waals surface area contributed by atoms with E-state index in [2.05, 4.69) is 13.8 Å². The molecule has 0 amide bonds. The van der Waals surface area contributed by atoms with Crippen molar-refractivity contribution in [2.75, 3.05) is 6.54 Å². The molecule has 3 rings (SSSR count). The minimum absolute atomic E-state index is 0.00696. The molecule has 1 N–H and O–H groups in total. The van der Waals surface area contributed by atoms with Gasteiger partial charge in [0.2, 0.25) is 0 Å². The number of rotatable bonds is 7. The Morgan fingerprint density at radius 1 is 1.12 bits per heavy atom. The smallest absolute Gasteiger partial charge is 0.123 e. The minimum Gasteiger partial charge on any atom is -0.378 e. The van der Waals surface area contributed by atoms with E-state index in [9.17, 15) is 9.50 Å². The van der Waals surface area contributed by atoms with Gasteiger partial charge < -0.3 is 9.84 Å². The largest absolute Gasteiger partial charge is 0.378 e. The molecular formula is C21H26FNO2. The molecule has 25 heavy (non-hydrogen) atoms. The van der Waals surface area contributed by atoms with Crippen molar-refractivity contribution in [1.82, 2.24) is 4.90 Å². The van der Waals surface area contributed by atoms with Crippen LogP contribution in [0.25, 0.3) is 0 Å². The number of nitrogens with zero attached hydrogens (tertiary/aromatic N) is 1. The number of aliphatic hydroxyl groups excluding tert-OH is 1. The Bertz CT molecular complexity index is 659. The summed E-state index contributed by atoms with van der Waals surface area (Å²) in [6, 6.07) is 16.5. The molecule has 134 valence electrons. The molecule has 0 saturated carbocycles. The van der Waals surface area contributed by atoms with Gasteiger partial charge in [0.05, 0.1) is 18.8 Å². The lowest BCUT2D eigenvalue weighted by Crippen LogP contribution is -2.58. The summed E-state index contributed by atoms with van der Waals surface area (Å²) in [5.41, 5.74) is 2.11. The normalized spacial score (nSPS) is 22.0. The van der Waals surface area contributed by atoms with Gasteiger partial charge in [-0.05, 0) is 35.6 Å². The van der Waals surface area contributed by atoms with Gasteiger partial charge in [0.1, 0.15) is 12.0 Å². The zero-order valence-electron chi connectivity index (χ0n) is 14.8. The second kappa shape index (κ2) is 8.09. The first-order valence-electron chi connectivity index (χ1n) is 8.89. The van der Waals surface area contributed by atoms with Crippen molar-refractivity contribution in [1.29, 1.82) is 0 Å². The van der Waals surface area contributed by atoms with E-state index in [0.717, 1.165) is 11.1 Å². The third-order valence-electron chi connectivity index (χ3n) is 4.68. The number of ether oxygens (including phenoxy) is 1. The third-order valence-corrected chi connectivity index (χ3v) is 4.68. The lowest BCUT2D eigenvalue weighted by Gasteiger charge is -2.50. The van der Waals surface area contributed by atoms with Crippen molar-refractivity contribution < 1.29 is 14.2 Å². The van der Waals surface area contributed by atoms with Gasteiger partial charge in [-0.2, -0.15) is 0 Å². The van der Waals surface area contributed by atoms with E-state index in [-0.39, 0.29) is 18.0 Å². The van der Waals surface area contributed by atoms with Crippen LogP contribution in [0.2, 0.25) is 0 Å². The van der Waals surface area contributed by atoms with E-state index in [1.807, 2.05) is 35.2 Å². The van der Waals surface area contributed by atoms with Crippen molar-refractivity contribution in [3.63, 3.8) is 0 Å². The summed E-state index contributed by atoms with van der Waals surface area (Å²) >= 11 is 0. The SMILES string of the molecule is CC(C)C[C@H](O)N1C[C@H](OCc2ccccc2)[C@@H]1c1ccc(F)cc1. The minimum atomic E-state index is -0.508. The Morgan fingerprint density at radius 3 is 2.44 bits per heavy atom. The second-order valence-corrected chi connectivity index (χ2v) is 7.14. The van der Waals surface area contributed by atoms with Crippen LogP contribution in [0.5, 0.6) is 0 Å². The predicted molar refractivity (Wildman–Crippen MR) is 96.3 cm³/mol. The van der Waals surface area contributed by atoms with E-state index in [1.54, 1.807) is 12.1 Å². The van der Waals surface area contributed by atoms with E-state index < -0.39 is 6.23 Å². The van der Waals surface area contributed by atoms with Crippen molar-refractivity contribution in [3.8, 4) is 0 Å². The lowest BCUT2D eigenvalue weighted by atomic mass is 9.90. The van der Waals surface area contributed by atoms with Gasteiger partial charge in [0.15, 0.2) is 0 Å². The molecule has 3 nitrogen and oxygen atoms in total. The van der Waals surface area contributed by atoms with E-state index in [4.69, 9.17) is 4.74 Å². The number of likely N-dealkylation sites (tertiary alicyclic amines) is 1. The van der Waals surface area contributed by atoms with Crippen LogP contribution >= 0.6 is 0 Å². The fourth-order valence-corrected chi connectivity index (χ4v) is 3.35. The third kappa shape index (κ3) is 4.46. The van der Waals surface area contributed by atoms with Gasteiger partial charge in [0, 0.05) is 6.54 Å². The zero-order valence-corrected chi connectivity index (χ0v) is 14.8. The molecule has 0 unspecified atom stereocenters. The fraction of sp³-hybridized carbons (Fsp3) is 0.429. The Morgan fingerprint density at radius 2 is 1.80 bits per heavy atom. The van der Waals surface area contributed by atoms with Crippen molar-refractivity contribution in [3.05, 3.63) is 71.5 Å². The number of halogens is 1. The van der Waals surface area contributed by atoms with Crippen LogP contribution in [0, 0.1) is 11.7 Å². The number of hydrogen-bond donors (Lipinski definition) is 1. The Balaban J connectivity index is 1.70. The highest BCUT2D eigenvalue weighted by atomic mass is 19.1. The van der Waals surface area contributed by atoms with Crippen LogP contribution in [0.3, 0.4) is 0 Å². The van der Waals surface area contributed by atoms with E-state index in [1.165, 1.54) is 12.1 Å². The number of hydrogen-bond acceptors (Lipinski definition) is 3. The van der Waals surface area contributed by atoms with Gasteiger partial charge in [-0.25, -0.2) is 4.39 Å².